The van der Waals surface area contributed by atoms with Crippen LogP contribution >= 0.6 is 0 Å². The predicted octanol–water partition coefficient (Wildman–Crippen LogP) is 0.154. The second kappa shape index (κ2) is 4.00. The van der Waals surface area contributed by atoms with E-state index in [0.717, 1.165) is 0 Å². The molecule has 1 radical (unpaired) electrons. The number of nitriles is 1. The van der Waals surface area contributed by atoms with Crippen LogP contribution in [0.2, 0.25) is 0 Å². The molecule has 0 aromatic heterocycles. The van der Waals surface area contributed by atoms with Crippen molar-refractivity contribution in [2.45, 2.75) is 6.92 Å². The highest BCUT2D eigenvalue weighted by molar-refractivity contribution is 5.82. The smallest absolute Gasteiger partial charge is 0.157 e. The fourth-order valence-electron chi connectivity index (χ4n) is 0.213. The molecule has 43 valence electrons. The largest absolute Gasteiger partial charge is 0.490 e. The van der Waals surface area contributed by atoms with Crippen molar-refractivity contribution in [1.82, 2.24) is 0 Å². The van der Waals surface area contributed by atoms with Crippen molar-refractivity contribution in [3.63, 3.8) is 0 Å². The first-order valence-corrected chi connectivity index (χ1v) is 2.13. The molecular formula is C5H5NO2-. The average Bonchev–Trinajstić information content (AvgIpc) is 1.68. The molecule has 8 heavy (non-hydrogen) atoms. The zero-order chi connectivity index (χ0) is 6.41. The summed E-state index contributed by atoms with van der Waals surface area (Å²) in [5.74, 6) is -0.699. The van der Waals surface area contributed by atoms with Crippen LogP contribution in [0.3, 0.4) is 0 Å². The van der Waals surface area contributed by atoms with E-state index in [9.17, 15) is 4.79 Å². The van der Waals surface area contributed by atoms with Crippen LogP contribution in [0.1, 0.15) is 6.92 Å². The third kappa shape index (κ3) is 3.04. The summed E-state index contributed by atoms with van der Waals surface area (Å²) in [5.41, 5.74) is 0. The van der Waals surface area contributed by atoms with Gasteiger partial charge in [-0.1, -0.05) is 0 Å². The summed E-state index contributed by atoms with van der Waals surface area (Å²) < 4.78 is 4.31. The molecule has 0 aliphatic rings. The molecule has 0 spiro atoms. The van der Waals surface area contributed by atoms with E-state index < -0.39 is 5.97 Å². The Bertz CT molecular complexity index is 114. The van der Waals surface area contributed by atoms with Crippen LogP contribution in [0.25, 0.3) is 0 Å². The van der Waals surface area contributed by atoms with Crippen molar-refractivity contribution in [2.24, 2.45) is 0 Å². The number of carbonyl (C=O) groups excluding carboxylic acids is 1. The lowest BCUT2D eigenvalue weighted by Gasteiger charge is -2.04. The lowest BCUT2D eigenvalue weighted by molar-refractivity contribution is -0.138. The molecular weight excluding hydrogens is 106 g/mol. The maximum Gasteiger partial charge on any atom is 0.157 e. The molecule has 3 nitrogen and oxygen atoms in total. The molecule has 0 amide bonds. The van der Waals surface area contributed by atoms with Crippen molar-refractivity contribution in [3.8, 4) is 6.07 Å². The van der Waals surface area contributed by atoms with Crippen LogP contribution in [-0.4, -0.2) is 12.6 Å². The number of rotatable bonds is 2. The second-order valence-corrected chi connectivity index (χ2v) is 0.957. The van der Waals surface area contributed by atoms with Gasteiger partial charge in [0.05, 0.1) is 6.61 Å². The van der Waals surface area contributed by atoms with Gasteiger partial charge in [-0.15, -0.1) is 6.07 Å². The number of hydrogen-bond donors (Lipinski definition) is 0. The lowest BCUT2D eigenvalue weighted by atomic mass is 10.5. The molecule has 0 saturated heterocycles. The molecule has 0 aliphatic carbocycles. The molecule has 0 bridgehead atoms. The third-order valence-electron chi connectivity index (χ3n) is 0.433. The van der Waals surface area contributed by atoms with Crippen LogP contribution in [0.15, 0.2) is 0 Å². The minimum atomic E-state index is -0.699. The Morgan fingerprint density at radius 2 is 2.62 bits per heavy atom. The van der Waals surface area contributed by atoms with Crippen LogP contribution in [0.4, 0.5) is 0 Å². The minimum Gasteiger partial charge on any atom is -0.490 e. The summed E-state index contributed by atoms with van der Waals surface area (Å²) in [5, 5.41) is 7.80. The Hall–Kier alpha value is -1.17. The SMILES string of the molecule is CCOC(=O)[C-]C#N. The lowest BCUT2D eigenvalue weighted by Crippen LogP contribution is -2.02. The van der Waals surface area contributed by atoms with Gasteiger partial charge in [0.25, 0.3) is 0 Å². The molecule has 0 aliphatic heterocycles. The predicted molar refractivity (Wildman–Crippen MR) is 25.5 cm³/mol. The first-order chi connectivity index (χ1) is 3.81. The molecule has 0 aromatic carbocycles. The summed E-state index contributed by atoms with van der Waals surface area (Å²) in [7, 11) is 0. The summed E-state index contributed by atoms with van der Waals surface area (Å²) in [6.45, 7) is 1.95. The van der Waals surface area contributed by atoms with Gasteiger partial charge in [-0.2, -0.15) is 0 Å². The normalized spacial score (nSPS) is 7.00. The third-order valence-corrected chi connectivity index (χ3v) is 0.433. The summed E-state index contributed by atoms with van der Waals surface area (Å²) in [6, 6.07) is 1.43. The van der Waals surface area contributed by atoms with Crippen LogP contribution in [0, 0.1) is 17.8 Å². The number of ether oxygens (including phenoxy) is 1. The Morgan fingerprint density at radius 1 is 2.00 bits per heavy atom. The summed E-state index contributed by atoms with van der Waals surface area (Å²) in [6.07, 6.45) is 1.79. The van der Waals surface area contributed by atoms with E-state index in [1.165, 1.54) is 6.07 Å². The quantitative estimate of drug-likeness (QED) is 0.376. The topological polar surface area (TPSA) is 50.1 Å². The van der Waals surface area contributed by atoms with Gasteiger partial charge in [0.15, 0.2) is 5.97 Å². The second-order valence-electron chi connectivity index (χ2n) is 0.957. The van der Waals surface area contributed by atoms with Gasteiger partial charge >= 0.3 is 0 Å². The van der Waals surface area contributed by atoms with Crippen LogP contribution in [-0.2, 0) is 9.53 Å². The van der Waals surface area contributed by atoms with E-state index in [0.29, 0.717) is 0 Å². The highest BCUT2D eigenvalue weighted by Crippen LogP contribution is 1.79. The maximum absolute atomic E-state index is 10.1. The fraction of sp³-hybridized carbons (Fsp3) is 0.400. The molecule has 0 atom stereocenters. The van der Waals surface area contributed by atoms with Crippen LogP contribution < -0.4 is 0 Å². The van der Waals surface area contributed by atoms with E-state index in [1.807, 2.05) is 0 Å². The van der Waals surface area contributed by atoms with E-state index >= 15 is 0 Å². The number of esters is 1. The molecule has 0 fully saturated rings. The molecule has 0 heterocycles. The maximum atomic E-state index is 10.1. The molecule has 0 unspecified atom stereocenters. The Morgan fingerprint density at radius 3 is 3.00 bits per heavy atom. The zero-order valence-electron chi connectivity index (χ0n) is 4.47. The molecule has 0 saturated carbocycles. The number of carbonyl (C=O) groups is 1. The monoisotopic (exact) mass is 111 g/mol. The Balaban J connectivity index is 3.23. The number of nitrogens with zero attached hydrogens (tertiary/aromatic N) is 1. The Labute approximate surface area is 47.9 Å². The zero-order valence-corrected chi connectivity index (χ0v) is 4.47. The molecule has 0 rings (SSSR count). The van der Waals surface area contributed by atoms with E-state index in [2.05, 4.69) is 4.74 Å². The van der Waals surface area contributed by atoms with E-state index in [4.69, 9.17) is 5.26 Å². The van der Waals surface area contributed by atoms with Crippen molar-refractivity contribution in [3.05, 3.63) is 6.42 Å². The van der Waals surface area contributed by atoms with Crippen LogP contribution in [0.5, 0.6) is 0 Å². The highest BCUT2D eigenvalue weighted by atomic mass is 16.5. The van der Waals surface area contributed by atoms with Gasteiger partial charge in [0.2, 0.25) is 0 Å². The van der Waals surface area contributed by atoms with Gasteiger partial charge in [-0.05, 0) is 6.92 Å². The first-order valence-electron chi connectivity index (χ1n) is 2.13. The van der Waals surface area contributed by atoms with Gasteiger partial charge < -0.3 is 4.74 Å². The summed E-state index contributed by atoms with van der Waals surface area (Å²) >= 11 is 0. The van der Waals surface area contributed by atoms with Gasteiger partial charge in [-0.3, -0.25) is 11.2 Å². The van der Waals surface area contributed by atoms with Crippen molar-refractivity contribution in [1.29, 1.82) is 5.26 Å². The number of hydrogen-bond acceptors (Lipinski definition) is 3. The first kappa shape index (κ1) is 6.83. The van der Waals surface area contributed by atoms with E-state index in [-0.39, 0.29) is 6.61 Å². The molecule has 0 aromatic rings. The van der Waals surface area contributed by atoms with E-state index in [1.54, 1.807) is 13.3 Å². The van der Waals surface area contributed by atoms with Crippen molar-refractivity contribution >= 4 is 5.97 Å². The minimum absolute atomic E-state index is 0.285. The standard InChI is InChI=1S/C5H5NO2/c1-2-8-5(7)3-4-6/h2H2,1H3/q-1. The van der Waals surface area contributed by atoms with Gasteiger partial charge in [0.1, 0.15) is 0 Å². The fourth-order valence-corrected chi connectivity index (χ4v) is 0.213. The van der Waals surface area contributed by atoms with Gasteiger partial charge in [-0.25, -0.2) is 5.26 Å². The van der Waals surface area contributed by atoms with Crippen molar-refractivity contribution in [2.75, 3.05) is 6.61 Å². The average molecular weight is 111 g/mol. The highest BCUT2D eigenvalue weighted by Gasteiger charge is 1.78. The molecule has 3 heteroatoms. The summed E-state index contributed by atoms with van der Waals surface area (Å²) in [4.78, 5) is 10.1. The Kier molecular flexibility index (Phi) is 3.42. The van der Waals surface area contributed by atoms with Crippen molar-refractivity contribution < 1.29 is 9.53 Å². The molecule has 0 N–H and O–H groups in total. The van der Waals surface area contributed by atoms with Gasteiger partial charge in [0, 0.05) is 0 Å².